The van der Waals surface area contributed by atoms with Crippen LogP contribution in [0.25, 0.3) is 0 Å². The van der Waals surface area contributed by atoms with E-state index in [1.54, 1.807) is 0 Å². The standard InChI is InChI=1S/C13H21NO/c1-3-13(15)14(4-2)11-10-12-8-6-5-7-9-12/h5-9,13,15H,3-4,10-11H2,1-2H3. The second kappa shape index (κ2) is 6.59. The maximum Gasteiger partial charge on any atom is 0.107 e. The highest BCUT2D eigenvalue weighted by atomic mass is 16.3. The van der Waals surface area contributed by atoms with E-state index in [0.717, 1.165) is 25.9 Å². The molecule has 1 aromatic rings. The fourth-order valence-electron chi connectivity index (χ4n) is 1.69. The molecule has 2 nitrogen and oxygen atoms in total. The van der Waals surface area contributed by atoms with Gasteiger partial charge < -0.3 is 5.11 Å². The van der Waals surface area contributed by atoms with Gasteiger partial charge in [0.05, 0.1) is 0 Å². The summed E-state index contributed by atoms with van der Waals surface area (Å²) in [6, 6.07) is 10.4. The molecule has 1 rings (SSSR count). The Balaban J connectivity index is 2.41. The molecule has 1 atom stereocenters. The molecule has 1 unspecified atom stereocenters. The molecule has 0 saturated heterocycles. The summed E-state index contributed by atoms with van der Waals surface area (Å²) in [5, 5.41) is 9.72. The molecule has 0 heterocycles. The minimum Gasteiger partial charge on any atom is -0.378 e. The lowest BCUT2D eigenvalue weighted by atomic mass is 10.1. The predicted molar refractivity (Wildman–Crippen MR) is 63.7 cm³/mol. The molecule has 0 spiro atoms. The third-order valence-corrected chi connectivity index (χ3v) is 2.72. The summed E-state index contributed by atoms with van der Waals surface area (Å²) in [6.07, 6.45) is 1.51. The minimum absolute atomic E-state index is 0.293. The molecule has 0 aliphatic carbocycles. The van der Waals surface area contributed by atoms with E-state index in [1.807, 2.05) is 13.0 Å². The van der Waals surface area contributed by atoms with Gasteiger partial charge in [-0.1, -0.05) is 44.2 Å². The molecule has 0 radical (unpaired) electrons. The van der Waals surface area contributed by atoms with Gasteiger partial charge >= 0.3 is 0 Å². The van der Waals surface area contributed by atoms with Crippen LogP contribution in [0, 0.1) is 0 Å². The highest BCUT2D eigenvalue weighted by Gasteiger charge is 2.10. The quantitative estimate of drug-likeness (QED) is 0.723. The van der Waals surface area contributed by atoms with Gasteiger partial charge in [-0.25, -0.2) is 0 Å². The SMILES string of the molecule is CCC(O)N(CC)CCc1ccccc1. The smallest absolute Gasteiger partial charge is 0.107 e. The lowest BCUT2D eigenvalue weighted by Gasteiger charge is -2.25. The average Bonchev–Trinajstić information content (AvgIpc) is 2.31. The highest BCUT2D eigenvalue weighted by Crippen LogP contribution is 2.05. The molecule has 0 aromatic heterocycles. The number of nitrogens with zero attached hydrogens (tertiary/aromatic N) is 1. The van der Waals surface area contributed by atoms with Crippen LogP contribution < -0.4 is 0 Å². The van der Waals surface area contributed by atoms with E-state index in [2.05, 4.69) is 36.1 Å². The van der Waals surface area contributed by atoms with Gasteiger partial charge in [0, 0.05) is 6.54 Å². The fraction of sp³-hybridized carbons (Fsp3) is 0.538. The van der Waals surface area contributed by atoms with Crippen molar-refractivity contribution in [1.29, 1.82) is 0 Å². The highest BCUT2D eigenvalue weighted by molar-refractivity contribution is 5.14. The molecule has 0 aliphatic rings. The van der Waals surface area contributed by atoms with E-state index in [9.17, 15) is 5.11 Å². The zero-order chi connectivity index (χ0) is 11.1. The molecule has 0 amide bonds. The van der Waals surface area contributed by atoms with Crippen LogP contribution in [0.4, 0.5) is 0 Å². The fourth-order valence-corrected chi connectivity index (χ4v) is 1.69. The molecule has 0 aliphatic heterocycles. The van der Waals surface area contributed by atoms with Crippen LogP contribution in [0.15, 0.2) is 30.3 Å². The van der Waals surface area contributed by atoms with Gasteiger partial charge in [0.15, 0.2) is 0 Å². The van der Waals surface area contributed by atoms with Crippen LogP contribution in [0.3, 0.4) is 0 Å². The van der Waals surface area contributed by atoms with E-state index < -0.39 is 0 Å². The van der Waals surface area contributed by atoms with Crippen LogP contribution >= 0.6 is 0 Å². The van der Waals surface area contributed by atoms with E-state index in [4.69, 9.17) is 0 Å². The summed E-state index contributed by atoms with van der Waals surface area (Å²) in [5.41, 5.74) is 1.33. The third-order valence-electron chi connectivity index (χ3n) is 2.72. The Labute approximate surface area is 92.5 Å². The van der Waals surface area contributed by atoms with Gasteiger partial charge in [0.1, 0.15) is 6.23 Å². The van der Waals surface area contributed by atoms with Crippen molar-refractivity contribution >= 4 is 0 Å². The Morgan fingerprint density at radius 2 is 1.87 bits per heavy atom. The van der Waals surface area contributed by atoms with E-state index in [1.165, 1.54) is 5.56 Å². The Morgan fingerprint density at radius 1 is 1.20 bits per heavy atom. The molecular weight excluding hydrogens is 186 g/mol. The Hall–Kier alpha value is -0.860. The first-order valence-electron chi connectivity index (χ1n) is 5.74. The van der Waals surface area contributed by atoms with Crippen molar-refractivity contribution in [3.63, 3.8) is 0 Å². The second-order valence-corrected chi connectivity index (χ2v) is 3.75. The van der Waals surface area contributed by atoms with Crippen molar-refractivity contribution in [2.24, 2.45) is 0 Å². The summed E-state index contributed by atoms with van der Waals surface area (Å²) in [4.78, 5) is 2.10. The maximum absolute atomic E-state index is 9.72. The van der Waals surface area contributed by atoms with Crippen LogP contribution in [0.1, 0.15) is 25.8 Å². The van der Waals surface area contributed by atoms with Crippen LogP contribution in [0.2, 0.25) is 0 Å². The average molecular weight is 207 g/mol. The number of hydrogen-bond acceptors (Lipinski definition) is 2. The van der Waals surface area contributed by atoms with Crippen LogP contribution in [-0.4, -0.2) is 29.3 Å². The van der Waals surface area contributed by atoms with Crippen molar-refractivity contribution in [3.05, 3.63) is 35.9 Å². The zero-order valence-electron chi connectivity index (χ0n) is 9.69. The second-order valence-electron chi connectivity index (χ2n) is 3.75. The molecule has 0 bridgehead atoms. The van der Waals surface area contributed by atoms with E-state index in [0.29, 0.717) is 0 Å². The van der Waals surface area contributed by atoms with E-state index in [-0.39, 0.29) is 6.23 Å². The number of rotatable bonds is 6. The van der Waals surface area contributed by atoms with Crippen LogP contribution in [-0.2, 0) is 6.42 Å². The summed E-state index contributed by atoms with van der Waals surface area (Å²) < 4.78 is 0. The normalized spacial score (nSPS) is 13.1. The number of likely N-dealkylation sites (N-methyl/N-ethyl adjacent to an activating group) is 1. The number of benzene rings is 1. The van der Waals surface area contributed by atoms with Gasteiger partial charge in [0.25, 0.3) is 0 Å². The first-order valence-corrected chi connectivity index (χ1v) is 5.74. The zero-order valence-corrected chi connectivity index (χ0v) is 9.69. The predicted octanol–water partition coefficient (Wildman–Crippen LogP) is 2.28. The molecule has 1 N–H and O–H groups in total. The summed E-state index contributed by atoms with van der Waals surface area (Å²) in [6.45, 7) is 5.93. The number of aliphatic hydroxyl groups excluding tert-OH is 1. The number of aliphatic hydroxyl groups is 1. The molecule has 0 fully saturated rings. The monoisotopic (exact) mass is 207 g/mol. The van der Waals surface area contributed by atoms with Crippen molar-refractivity contribution in [1.82, 2.24) is 4.90 Å². The van der Waals surface area contributed by atoms with Gasteiger partial charge in [-0.05, 0) is 24.9 Å². The molecule has 84 valence electrons. The van der Waals surface area contributed by atoms with Gasteiger partial charge in [-0.15, -0.1) is 0 Å². The van der Waals surface area contributed by atoms with E-state index >= 15 is 0 Å². The third kappa shape index (κ3) is 4.02. The van der Waals surface area contributed by atoms with Gasteiger partial charge in [0.2, 0.25) is 0 Å². The molecular formula is C13H21NO. The molecule has 2 heteroatoms. The summed E-state index contributed by atoms with van der Waals surface area (Å²) in [5.74, 6) is 0. The largest absolute Gasteiger partial charge is 0.378 e. The summed E-state index contributed by atoms with van der Waals surface area (Å²) in [7, 11) is 0. The van der Waals surface area contributed by atoms with Crippen molar-refractivity contribution in [3.8, 4) is 0 Å². The number of hydrogen-bond donors (Lipinski definition) is 1. The van der Waals surface area contributed by atoms with Gasteiger partial charge in [-0.2, -0.15) is 0 Å². The Morgan fingerprint density at radius 3 is 2.40 bits per heavy atom. The minimum atomic E-state index is -0.293. The molecule has 1 aromatic carbocycles. The molecule has 0 saturated carbocycles. The van der Waals surface area contributed by atoms with Crippen molar-refractivity contribution < 1.29 is 5.11 Å². The van der Waals surface area contributed by atoms with Gasteiger partial charge in [-0.3, -0.25) is 4.90 Å². The maximum atomic E-state index is 9.72. The van der Waals surface area contributed by atoms with Crippen molar-refractivity contribution in [2.75, 3.05) is 13.1 Å². The molecule has 15 heavy (non-hydrogen) atoms. The lowest BCUT2D eigenvalue weighted by Crippen LogP contribution is -2.36. The first-order chi connectivity index (χ1) is 7.27. The Kier molecular flexibility index (Phi) is 5.37. The van der Waals surface area contributed by atoms with Crippen molar-refractivity contribution in [2.45, 2.75) is 32.9 Å². The lowest BCUT2D eigenvalue weighted by molar-refractivity contribution is 0.00545. The first kappa shape index (κ1) is 12.2. The summed E-state index contributed by atoms with van der Waals surface area (Å²) >= 11 is 0. The topological polar surface area (TPSA) is 23.5 Å². The Bertz CT molecular complexity index is 260. The van der Waals surface area contributed by atoms with Crippen LogP contribution in [0.5, 0.6) is 0 Å².